The molecule has 1 amide bonds. The lowest BCUT2D eigenvalue weighted by Crippen LogP contribution is -2.34. The van der Waals surface area contributed by atoms with E-state index in [1.165, 1.54) is 0 Å². The van der Waals surface area contributed by atoms with Gasteiger partial charge in [0.2, 0.25) is 0 Å². The van der Waals surface area contributed by atoms with Crippen molar-refractivity contribution < 1.29 is 14.6 Å². The molecule has 0 aliphatic carbocycles. The number of anilines is 1. The van der Waals surface area contributed by atoms with E-state index < -0.39 is 27.1 Å². The number of nitrogens with one attached hydrogen (secondary N) is 1. The van der Waals surface area contributed by atoms with Gasteiger partial charge in [0.15, 0.2) is 4.32 Å². The van der Waals surface area contributed by atoms with Gasteiger partial charge in [0.25, 0.3) is 11.6 Å². The first-order chi connectivity index (χ1) is 12.8. The molecule has 1 aromatic heterocycles. The first-order valence-electron chi connectivity index (χ1n) is 7.35. The molecule has 1 fully saturated rings. The molecule has 10 nitrogen and oxygen atoms in total. The fraction of sp³-hybridized carbons (Fsp3) is 0.0667. The second-order valence-corrected chi connectivity index (χ2v) is 7.13. The summed E-state index contributed by atoms with van der Waals surface area (Å²) in [5.41, 5.74) is 2.35. The fourth-order valence-corrected chi connectivity index (χ4v) is 3.50. The Bertz CT molecular complexity index is 1020. The number of non-ortho nitro benzene ring substituents is 1. The van der Waals surface area contributed by atoms with E-state index in [1.807, 2.05) is 30.1 Å². The average molecular weight is 405 g/mol. The number of benzene rings is 1. The third-order valence-corrected chi connectivity index (χ3v) is 4.87. The molecule has 0 atom stereocenters. The number of carbonyl (C=O) groups is 1. The van der Waals surface area contributed by atoms with E-state index in [2.05, 4.69) is 5.43 Å². The maximum atomic E-state index is 12.6. The molecule has 0 unspecified atom stereocenters. The molecule has 1 aliphatic rings. The number of hydrazine groups is 1. The number of nitro benzene ring substituents is 2. The van der Waals surface area contributed by atoms with Gasteiger partial charge in [0, 0.05) is 25.5 Å². The standard InChI is InChI=1S/C15H11N5O5S2/c1-17-5-4-9(8-17)6-13-14(21)18(15(26)27-13)16-11-3-2-10(19(22)23)7-12(11)20(24)25/h2-8,16H,1H3/b13-6-. The Labute approximate surface area is 161 Å². The average Bonchev–Trinajstić information content (AvgIpc) is 3.13. The van der Waals surface area contributed by atoms with Crippen LogP contribution in [0.4, 0.5) is 17.1 Å². The Hall–Kier alpha value is -3.25. The van der Waals surface area contributed by atoms with Crippen LogP contribution < -0.4 is 5.43 Å². The summed E-state index contributed by atoms with van der Waals surface area (Å²) in [5, 5.41) is 23.1. The highest BCUT2D eigenvalue weighted by Crippen LogP contribution is 2.35. The molecule has 1 saturated heterocycles. The van der Waals surface area contributed by atoms with Crippen LogP contribution in [0.3, 0.4) is 0 Å². The summed E-state index contributed by atoms with van der Waals surface area (Å²) in [5.74, 6) is -0.471. The lowest BCUT2D eigenvalue weighted by molar-refractivity contribution is -0.393. The van der Waals surface area contributed by atoms with Crippen molar-refractivity contribution in [3.05, 3.63) is 67.4 Å². The third kappa shape index (κ3) is 3.80. The Morgan fingerprint density at radius 1 is 1.22 bits per heavy atom. The molecule has 3 rings (SSSR count). The second kappa shape index (κ2) is 7.17. The molecule has 0 spiro atoms. The summed E-state index contributed by atoms with van der Waals surface area (Å²) >= 11 is 6.22. The number of carbonyl (C=O) groups excluding carboxylic acids is 1. The number of nitro groups is 2. The first kappa shape index (κ1) is 18.5. The Morgan fingerprint density at radius 3 is 2.56 bits per heavy atom. The minimum atomic E-state index is -0.771. The maximum absolute atomic E-state index is 12.6. The smallest absolute Gasteiger partial charge is 0.300 e. The van der Waals surface area contributed by atoms with Gasteiger partial charge in [-0.2, -0.15) is 0 Å². The predicted molar refractivity (Wildman–Crippen MR) is 104 cm³/mol. The molecular formula is C15H11N5O5S2. The van der Waals surface area contributed by atoms with Gasteiger partial charge in [-0.3, -0.25) is 30.4 Å². The number of thioether (sulfide) groups is 1. The Balaban J connectivity index is 1.88. The minimum Gasteiger partial charge on any atom is -0.357 e. The van der Waals surface area contributed by atoms with Gasteiger partial charge in [-0.25, -0.2) is 5.01 Å². The zero-order valence-corrected chi connectivity index (χ0v) is 15.3. The van der Waals surface area contributed by atoms with Crippen molar-refractivity contribution in [2.45, 2.75) is 0 Å². The van der Waals surface area contributed by atoms with Gasteiger partial charge in [0.1, 0.15) is 5.69 Å². The highest BCUT2D eigenvalue weighted by atomic mass is 32.2. The van der Waals surface area contributed by atoms with Crippen molar-refractivity contribution in [2.24, 2.45) is 7.05 Å². The third-order valence-electron chi connectivity index (χ3n) is 3.57. The van der Waals surface area contributed by atoms with Gasteiger partial charge in [-0.05, 0) is 36.0 Å². The summed E-state index contributed by atoms with van der Waals surface area (Å²) in [7, 11) is 1.85. The summed E-state index contributed by atoms with van der Waals surface area (Å²) < 4.78 is 1.99. The SMILES string of the molecule is Cn1ccc(/C=C2\SC(=S)N(Nc3ccc([N+](=O)[O-])cc3[N+](=O)[O-])C2=O)c1. The van der Waals surface area contributed by atoms with E-state index in [0.717, 1.165) is 40.5 Å². The molecular weight excluding hydrogens is 394 g/mol. The van der Waals surface area contributed by atoms with Crippen LogP contribution in [0.2, 0.25) is 0 Å². The lowest BCUT2D eigenvalue weighted by Gasteiger charge is -2.16. The van der Waals surface area contributed by atoms with Crippen molar-refractivity contribution in [3.8, 4) is 0 Å². The van der Waals surface area contributed by atoms with Gasteiger partial charge in [0.05, 0.1) is 20.8 Å². The Kier molecular flexibility index (Phi) is 4.92. The quantitative estimate of drug-likeness (QED) is 0.348. The summed E-state index contributed by atoms with van der Waals surface area (Å²) in [4.78, 5) is 33.5. The molecule has 1 N–H and O–H groups in total. The maximum Gasteiger partial charge on any atom is 0.300 e. The zero-order valence-electron chi connectivity index (χ0n) is 13.7. The van der Waals surface area contributed by atoms with Crippen molar-refractivity contribution in [1.82, 2.24) is 9.58 Å². The summed E-state index contributed by atoms with van der Waals surface area (Å²) in [6.07, 6.45) is 5.30. The number of rotatable bonds is 5. The molecule has 2 aromatic rings. The van der Waals surface area contributed by atoms with Gasteiger partial charge >= 0.3 is 5.69 Å². The molecule has 1 aliphatic heterocycles. The molecule has 12 heteroatoms. The van der Waals surface area contributed by atoms with Gasteiger partial charge < -0.3 is 4.57 Å². The lowest BCUT2D eigenvalue weighted by atomic mass is 10.2. The Morgan fingerprint density at radius 2 is 1.96 bits per heavy atom. The van der Waals surface area contributed by atoms with E-state index in [9.17, 15) is 25.0 Å². The molecule has 1 aromatic carbocycles. The van der Waals surface area contributed by atoms with Crippen LogP contribution in [0, 0.1) is 20.2 Å². The van der Waals surface area contributed by atoms with Crippen molar-refractivity contribution in [3.63, 3.8) is 0 Å². The monoisotopic (exact) mass is 405 g/mol. The minimum absolute atomic E-state index is 0.0807. The van der Waals surface area contributed by atoms with Crippen LogP contribution in [-0.2, 0) is 11.8 Å². The van der Waals surface area contributed by atoms with E-state index >= 15 is 0 Å². The van der Waals surface area contributed by atoms with Crippen LogP contribution in [-0.4, -0.2) is 29.7 Å². The van der Waals surface area contributed by atoms with E-state index in [4.69, 9.17) is 12.2 Å². The van der Waals surface area contributed by atoms with E-state index in [1.54, 1.807) is 6.08 Å². The molecule has 0 bridgehead atoms. The highest BCUT2D eigenvalue weighted by molar-refractivity contribution is 8.26. The van der Waals surface area contributed by atoms with Crippen molar-refractivity contribution in [2.75, 3.05) is 5.43 Å². The van der Waals surface area contributed by atoms with Crippen LogP contribution in [0.5, 0.6) is 0 Å². The van der Waals surface area contributed by atoms with E-state index in [-0.39, 0.29) is 10.0 Å². The summed E-state index contributed by atoms with van der Waals surface area (Å²) in [6.45, 7) is 0. The molecule has 2 heterocycles. The molecule has 138 valence electrons. The number of hydrogen-bond acceptors (Lipinski definition) is 8. The van der Waals surface area contributed by atoms with Crippen molar-refractivity contribution >= 4 is 57.3 Å². The first-order valence-corrected chi connectivity index (χ1v) is 8.58. The van der Waals surface area contributed by atoms with Crippen molar-refractivity contribution in [1.29, 1.82) is 0 Å². The van der Waals surface area contributed by atoms with E-state index in [0.29, 0.717) is 4.91 Å². The molecule has 0 saturated carbocycles. The number of hydrogen-bond donors (Lipinski definition) is 1. The predicted octanol–water partition coefficient (Wildman–Crippen LogP) is 3.07. The second-order valence-electron chi connectivity index (χ2n) is 5.45. The topological polar surface area (TPSA) is 124 Å². The number of nitrogens with zero attached hydrogens (tertiary/aromatic N) is 4. The summed E-state index contributed by atoms with van der Waals surface area (Å²) in [6, 6.07) is 4.91. The largest absolute Gasteiger partial charge is 0.357 e. The van der Waals surface area contributed by atoms with Crippen LogP contribution in [0.1, 0.15) is 5.56 Å². The number of aryl methyl sites for hydroxylation is 1. The van der Waals surface area contributed by atoms with Gasteiger partial charge in [-0.1, -0.05) is 11.8 Å². The molecule has 27 heavy (non-hydrogen) atoms. The molecule has 0 radical (unpaired) electrons. The van der Waals surface area contributed by atoms with Crippen LogP contribution in [0.15, 0.2) is 41.6 Å². The number of amides is 1. The number of thiocarbonyl (C=S) groups is 1. The van der Waals surface area contributed by atoms with Gasteiger partial charge in [-0.15, -0.1) is 0 Å². The normalized spacial score (nSPS) is 15.4. The fourth-order valence-electron chi connectivity index (χ4n) is 2.33. The zero-order chi connectivity index (χ0) is 19.7. The van der Waals surface area contributed by atoms with Crippen LogP contribution in [0.25, 0.3) is 6.08 Å². The number of aromatic nitrogens is 1. The van der Waals surface area contributed by atoms with Crippen LogP contribution >= 0.6 is 24.0 Å². The highest BCUT2D eigenvalue weighted by Gasteiger charge is 2.34.